The van der Waals surface area contributed by atoms with Crippen molar-refractivity contribution in [3.05, 3.63) is 11.9 Å². The number of hydrogen-bond donors (Lipinski definition) is 1. The van der Waals surface area contributed by atoms with Crippen molar-refractivity contribution in [1.29, 1.82) is 0 Å². The van der Waals surface area contributed by atoms with Gasteiger partial charge >= 0.3 is 18.5 Å². The Morgan fingerprint density at radius 1 is 1.20 bits per heavy atom. The van der Waals surface area contributed by atoms with Gasteiger partial charge in [-0.3, -0.25) is 0 Å². The Balaban J connectivity index is 2.96. The average Bonchev–Trinajstić information content (AvgIpc) is 2.34. The first kappa shape index (κ1) is 16.2. The molecule has 1 rings (SSSR count). The number of nitrogens with zero attached hydrogens (tertiary/aromatic N) is 2. The molecule has 11 heteroatoms. The molecular weight excluding hydrogens is 299 g/mol. The second-order valence-electron chi connectivity index (χ2n) is 3.51. The van der Waals surface area contributed by atoms with Crippen LogP contribution in [0.15, 0.2) is 6.07 Å². The number of ether oxygens (including phenoxy) is 1. The first-order valence-corrected chi connectivity index (χ1v) is 4.99. The highest BCUT2D eigenvalue weighted by atomic mass is 19.4. The lowest BCUT2D eigenvalue weighted by Crippen LogP contribution is -2.34. The molecule has 4 nitrogen and oxygen atoms in total. The maximum atomic E-state index is 12.6. The van der Waals surface area contributed by atoms with Crippen LogP contribution in [0.5, 0.6) is 5.88 Å². The Morgan fingerprint density at radius 3 is 2.25 bits per heavy atom. The van der Waals surface area contributed by atoms with Gasteiger partial charge in [0.25, 0.3) is 0 Å². The molecule has 20 heavy (non-hydrogen) atoms. The summed E-state index contributed by atoms with van der Waals surface area (Å²) in [5, 5.41) is 2.23. The summed E-state index contributed by atoms with van der Waals surface area (Å²) < 4.78 is 90.4. The molecule has 114 valence electrons. The van der Waals surface area contributed by atoms with Gasteiger partial charge in [-0.15, -0.1) is 0 Å². The third kappa shape index (κ3) is 4.10. The van der Waals surface area contributed by atoms with Crippen LogP contribution in [0.25, 0.3) is 0 Å². The fourth-order valence-electron chi connectivity index (χ4n) is 0.987. The quantitative estimate of drug-likeness (QED) is 0.850. The van der Waals surface area contributed by atoms with Gasteiger partial charge in [0.1, 0.15) is 5.82 Å². The number of anilines is 1. The van der Waals surface area contributed by atoms with Crippen LogP contribution in [-0.4, -0.2) is 36.0 Å². The number of halogens is 7. The molecule has 1 N–H and O–H groups in total. The number of aromatic nitrogens is 2. The van der Waals surface area contributed by atoms with Gasteiger partial charge in [-0.1, -0.05) is 0 Å². The van der Waals surface area contributed by atoms with E-state index in [4.69, 9.17) is 0 Å². The molecule has 1 heterocycles. The van der Waals surface area contributed by atoms with Crippen molar-refractivity contribution in [1.82, 2.24) is 9.97 Å². The molecule has 0 saturated carbocycles. The molecule has 0 unspecified atom stereocenters. The number of alkyl halides is 7. The lowest BCUT2D eigenvalue weighted by molar-refractivity contribution is -0.151. The highest BCUT2D eigenvalue weighted by molar-refractivity contribution is 5.38. The largest absolute Gasteiger partial charge is 0.471 e. The first-order valence-electron chi connectivity index (χ1n) is 4.99. The fraction of sp³-hybridized carbons (Fsp3) is 0.556. The van der Waals surface area contributed by atoms with Gasteiger partial charge in [0.05, 0.1) is 0 Å². The van der Waals surface area contributed by atoms with Crippen molar-refractivity contribution < 1.29 is 35.5 Å². The highest BCUT2D eigenvalue weighted by Gasteiger charge is 2.42. The number of rotatable bonds is 5. The standard InChI is InChI=1S/C9H8F7N3O/c1-17-4-2-5(19-7(18-4)9(14,15)16)20-3-8(12,13)6(10)11/h2,6H,3H2,1H3,(H,17,18,19). The van der Waals surface area contributed by atoms with E-state index in [1.54, 1.807) is 0 Å². The van der Waals surface area contributed by atoms with Crippen molar-refractivity contribution in [2.45, 2.75) is 18.5 Å². The molecule has 0 aliphatic rings. The van der Waals surface area contributed by atoms with E-state index in [2.05, 4.69) is 20.0 Å². The van der Waals surface area contributed by atoms with Crippen molar-refractivity contribution in [3.63, 3.8) is 0 Å². The molecule has 0 aromatic carbocycles. The van der Waals surface area contributed by atoms with Crippen LogP contribution in [0.4, 0.5) is 36.6 Å². The Bertz CT molecular complexity index is 463. The van der Waals surface area contributed by atoms with E-state index in [0.29, 0.717) is 0 Å². The van der Waals surface area contributed by atoms with E-state index in [1.165, 1.54) is 7.05 Å². The topological polar surface area (TPSA) is 47.0 Å². The van der Waals surface area contributed by atoms with E-state index in [0.717, 1.165) is 6.07 Å². The fourth-order valence-corrected chi connectivity index (χ4v) is 0.987. The normalized spacial score (nSPS) is 12.7. The summed E-state index contributed by atoms with van der Waals surface area (Å²) in [4.78, 5) is 5.88. The molecule has 0 saturated heterocycles. The lowest BCUT2D eigenvalue weighted by atomic mass is 10.4. The Hall–Kier alpha value is -1.81. The van der Waals surface area contributed by atoms with Crippen molar-refractivity contribution >= 4 is 5.82 Å². The molecule has 1 aromatic heterocycles. The molecule has 0 bridgehead atoms. The lowest BCUT2D eigenvalue weighted by Gasteiger charge is -2.16. The third-order valence-electron chi connectivity index (χ3n) is 1.94. The van der Waals surface area contributed by atoms with E-state index in [9.17, 15) is 30.7 Å². The third-order valence-corrected chi connectivity index (χ3v) is 1.94. The second-order valence-corrected chi connectivity index (χ2v) is 3.51. The molecule has 0 aliphatic carbocycles. The SMILES string of the molecule is CNc1cc(OCC(F)(F)C(F)F)nc(C(F)(F)F)n1. The van der Waals surface area contributed by atoms with E-state index < -0.39 is 36.8 Å². The summed E-state index contributed by atoms with van der Waals surface area (Å²) in [7, 11) is 1.22. The minimum absolute atomic E-state index is 0.359. The smallest absolute Gasteiger partial charge is 0.451 e. The van der Waals surface area contributed by atoms with E-state index >= 15 is 0 Å². The van der Waals surface area contributed by atoms with Gasteiger partial charge in [-0.05, 0) is 0 Å². The van der Waals surface area contributed by atoms with Crippen molar-refractivity contribution in [2.24, 2.45) is 0 Å². The molecule has 0 aliphatic heterocycles. The summed E-state index contributed by atoms with van der Waals surface area (Å²) in [6.07, 6.45) is -8.94. The number of nitrogens with one attached hydrogen (secondary N) is 1. The summed E-state index contributed by atoms with van der Waals surface area (Å²) in [5.41, 5.74) is 0. The summed E-state index contributed by atoms with van der Waals surface area (Å²) >= 11 is 0. The van der Waals surface area contributed by atoms with Gasteiger partial charge in [0.15, 0.2) is 6.61 Å². The van der Waals surface area contributed by atoms with Gasteiger partial charge in [0, 0.05) is 13.1 Å². The molecule has 0 fully saturated rings. The zero-order valence-corrected chi connectivity index (χ0v) is 9.81. The van der Waals surface area contributed by atoms with Gasteiger partial charge in [-0.25, -0.2) is 13.8 Å². The minimum Gasteiger partial charge on any atom is -0.471 e. The van der Waals surface area contributed by atoms with Crippen LogP contribution >= 0.6 is 0 Å². The van der Waals surface area contributed by atoms with Crippen LogP contribution in [0.2, 0.25) is 0 Å². The summed E-state index contributed by atoms with van der Waals surface area (Å²) in [6.45, 7) is -1.80. The molecule has 0 atom stereocenters. The van der Waals surface area contributed by atoms with Gasteiger partial charge < -0.3 is 10.1 Å². The van der Waals surface area contributed by atoms with Crippen molar-refractivity contribution in [3.8, 4) is 5.88 Å². The average molecular weight is 307 g/mol. The number of hydrogen-bond acceptors (Lipinski definition) is 4. The summed E-state index contributed by atoms with van der Waals surface area (Å²) in [6, 6.07) is 0.775. The van der Waals surface area contributed by atoms with Crippen LogP contribution in [0.3, 0.4) is 0 Å². The molecular formula is C9H8F7N3O. The first-order chi connectivity index (χ1) is 9.06. The van der Waals surface area contributed by atoms with Crippen LogP contribution < -0.4 is 10.1 Å². The van der Waals surface area contributed by atoms with Crippen molar-refractivity contribution in [2.75, 3.05) is 19.0 Å². The molecule has 0 radical (unpaired) electrons. The zero-order valence-electron chi connectivity index (χ0n) is 9.81. The molecule has 0 amide bonds. The Kier molecular flexibility index (Phi) is 4.61. The highest BCUT2D eigenvalue weighted by Crippen LogP contribution is 2.30. The summed E-state index contributed by atoms with van der Waals surface area (Å²) in [5.74, 6) is -7.39. The Morgan fingerprint density at radius 2 is 1.80 bits per heavy atom. The molecule has 0 spiro atoms. The maximum absolute atomic E-state index is 12.6. The predicted molar refractivity (Wildman–Crippen MR) is 53.0 cm³/mol. The van der Waals surface area contributed by atoms with E-state index in [1.807, 2.05) is 0 Å². The monoisotopic (exact) mass is 307 g/mol. The van der Waals surface area contributed by atoms with Crippen LogP contribution in [-0.2, 0) is 6.18 Å². The van der Waals surface area contributed by atoms with Crippen LogP contribution in [0.1, 0.15) is 5.82 Å². The van der Waals surface area contributed by atoms with E-state index in [-0.39, 0.29) is 5.82 Å². The zero-order chi connectivity index (χ0) is 15.6. The van der Waals surface area contributed by atoms with Gasteiger partial charge in [0.2, 0.25) is 11.7 Å². The second kappa shape index (κ2) is 5.67. The molecule has 1 aromatic rings. The Labute approximate surface area is 108 Å². The van der Waals surface area contributed by atoms with Gasteiger partial charge in [-0.2, -0.15) is 26.9 Å². The van der Waals surface area contributed by atoms with Crippen LogP contribution in [0, 0.1) is 0 Å². The maximum Gasteiger partial charge on any atom is 0.451 e. The predicted octanol–water partition coefficient (Wildman–Crippen LogP) is 2.82. The minimum atomic E-state index is -4.93.